The molecule has 0 aliphatic heterocycles. The number of rotatable bonds is 6. The molecule has 4 nitrogen and oxygen atoms in total. The molecule has 0 bridgehead atoms. The van der Waals surface area contributed by atoms with E-state index in [4.69, 9.17) is 14.6 Å². The van der Waals surface area contributed by atoms with Gasteiger partial charge in [0.1, 0.15) is 18.3 Å². The zero-order valence-corrected chi connectivity index (χ0v) is 23.5. The van der Waals surface area contributed by atoms with Gasteiger partial charge in [-0.15, -0.1) is 13.2 Å². The maximum atomic E-state index is 12.5. The summed E-state index contributed by atoms with van der Waals surface area (Å²) in [7, 11) is 0. The van der Waals surface area contributed by atoms with E-state index >= 15 is 0 Å². The smallest absolute Gasteiger partial charge is 0.249 e. The molecule has 0 heterocycles. The number of carbonyl (C=O) groups excluding carboxylic acids is 2. The Balaban J connectivity index is 0. The highest BCUT2D eigenvalue weighted by atomic mass is 19.3. The van der Waals surface area contributed by atoms with Crippen LogP contribution in [0.4, 0.5) is 8.78 Å². The van der Waals surface area contributed by atoms with Crippen LogP contribution in [0.25, 0.3) is 0 Å². The van der Waals surface area contributed by atoms with Gasteiger partial charge in [-0.3, -0.25) is 4.79 Å². The Morgan fingerprint density at radius 2 is 1.65 bits per heavy atom. The number of carbonyl (C=O) groups is 2. The number of benzene rings is 2. The van der Waals surface area contributed by atoms with Crippen molar-refractivity contribution in [2.45, 2.75) is 85.7 Å². The van der Waals surface area contributed by atoms with E-state index in [9.17, 15) is 13.6 Å². The second-order valence-electron chi connectivity index (χ2n) is 8.91. The number of hydrogen-bond acceptors (Lipinski definition) is 4. The van der Waals surface area contributed by atoms with Crippen molar-refractivity contribution >= 4 is 12.6 Å². The molecular weight excluding hydrogens is 474 g/mol. The van der Waals surface area contributed by atoms with E-state index in [1.54, 1.807) is 25.1 Å². The molecule has 208 valence electrons. The van der Waals surface area contributed by atoms with E-state index in [1.165, 1.54) is 11.1 Å². The van der Waals surface area contributed by atoms with Crippen molar-refractivity contribution in [1.82, 2.24) is 0 Å². The molecule has 1 fully saturated rings. The predicted octanol–water partition coefficient (Wildman–Crippen LogP) is 7.50. The number of ketones is 1. The number of aliphatic hydroxyl groups excluding tert-OH is 1. The Morgan fingerprint density at radius 1 is 1.05 bits per heavy atom. The van der Waals surface area contributed by atoms with Crippen LogP contribution >= 0.6 is 0 Å². The summed E-state index contributed by atoms with van der Waals surface area (Å²) in [5.41, 5.74) is 4.28. The monoisotopic (exact) mass is 520 g/mol. The molecule has 1 aliphatic carbocycles. The third-order valence-corrected chi connectivity index (χ3v) is 5.48. The van der Waals surface area contributed by atoms with Gasteiger partial charge < -0.3 is 14.6 Å². The lowest BCUT2D eigenvalue weighted by Gasteiger charge is -2.09. The normalized spacial score (nSPS) is 15.7. The van der Waals surface area contributed by atoms with E-state index in [-0.39, 0.29) is 24.2 Å². The minimum absolute atomic E-state index is 0.153. The Hall–Kier alpha value is -2.86. The van der Waals surface area contributed by atoms with Crippen molar-refractivity contribution in [3.05, 3.63) is 77.9 Å². The van der Waals surface area contributed by atoms with Gasteiger partial charge in [0.05, 0.1) is 12.7 Å². The minimum atomic E-state index is -2.60. The van der Waals surface area contributed by atoms with Crippen LogP contribution in [-0.2, 0) is 22.4 Å². The van der Waals surface area contributed by atoms with Gasteiger partial charge in [-0.2, -0.15) is 0 Å². The maximum absolute atomic E-state index is 12.5. The van der Waals surface area contributed by atoms with E-state index in [2.05, 4.69) is 45.2 Å². The number of alkyl halides is 2. The molecule has 3 rings (SSSR count). The van der Waals surface area contributed by atoms with Gasteiger partial charge in [0.15, 0.2) is 0 Å². The number of hydrogen-bond donors (Lipinski definition) is 1. The third-order valence-electron chi connectivity index (χ3n) is 5.48. The third kappa shape index (κ3) is 17.3. The van der Waals surface area contributed by atoms with Gasteiger partial charge in [-0.1, -0.05) is 48.9 Å². The SMILES string of the molecule is C=C.C=O.CC(=O)C1CC[C@H](O)C1.CCOc1cc(C)ccc1CC.Cc1cccc(CC(C)(F)F)c1. The lowest BCUT2D eigenvalue weighted by atomic mass is 10.0. The first-order chi connectivity index (χ1) is 17.4. The molecule has 1 aliphatic rings. The topological polar surface area (TPSA) is 63.6 Å². The molecule has 2 aromatic carbocycles. The van der Waals surface area contributed by atoms with Crippen LogP contribution in [-0.4, -0.2) is 36.3 Å². The highest BCUT2D eigenvalue weighted by Crippen LogP contribution is 2.25. The van der Waals surface area contributed by atoms with Crippen molar-refractivity contribution < 1.29 is 28.2 Å². The van der Waals surface area contributed by atoms with Crippen LogP contribution in [0.15, 0.2) is 55.6 Å². The quantitative estimate of drug-likeness (QED) is 0.401. The Bertz CT molecular complexity index is 891. The summed E-state index contributed by atoms with van der Waals surface area (Å²) in [6, 6.07) is 13.6. The van der Waals surface area contributed by atoms with Crippen LogP contribution in [0.1, 0.15) is 69.2 Å². The molecule has 0 spiro atoms. The van der Waals surface area contributed by atoms with Gasteiger partial charge in [0.2, 0.25) is 5.92 Å². The summed E-state index contributed by atoms with van der Waals surface area (Å²) in [4.78, 5) is 18.7. The largest absolute Gasteiger partial charge is 0.494 e. The van der Waals surface area contributed by atoms with Crippen LogP contribution in [0.5, 0.6) is 5.75 Å². The molecule has 0 aromatic heterocycles. The van der Waals surface area contributed by atoms with Crippen LogP contribution in [0.2, 0.25) is 0 Å². The summed E-state index contributed by atoms with van der Waals surface area (Å²) in [5.74, 6) is -1.18. The van der Waals surface area contributed by atoms with Gasteiger partial charge in [0, 0.05) is 12.3 Å². The summed E-state index contributed by atoms with van der Waals surface area (Å²) >= 11 is 0. The molecule has 2 aromatic rings. The fraction of sp³-hybridized carbons (Fsp3) is 0.484. The van der Waals surface area contributed by atoms with Crippen LogP contribution in [0, 0.1) is 19.8 Å². The number of Topliss-reactive ketones (excluding diaryl/α,β-unsaturated/α-hetero) is 1. The lowest BCUT2D eigenvalue weighted by Crippen LogP contribution is -2.13. The summed E-state index contributed by atoms with van der Waals surface area (Å²) in [5, 5.41) is 9.00. The zero-order valence-electron chi connectivity index (χ0n) is 23.5. The second kappa shape index (κ2) is 20.2. The minimum Gasteiger partial charge on any atom is -0.494 e. The fourth-order valence-corrected chi connectivity index (χ4v) is 3.75. The molecular formula is C31H46F2O4. The molecule has 0 radical (unpaired) electrons. The van der Waals surface area contributed by atoms with Gasteiger partial charge >= 0.3 is 0 Å². The van der Waals surface area contributed by atoms with Crippen molar-refractivity contribution in [3.63, 3.8) is 0 Å². The molecule has 1 N–H and O–H groups in total. The zero-order chi connectivity index (χ0) is 29.0. The highest BCUT2D eigenvalue weighted by molar-refractivity contribution is 5.78. The fourth-order valence-electron chi connectivity index (χ4n) is 3.75. The maximum Gasteiger partial charge on any atom is 0.249 e. The predicted molar refractivity (Wildman–Crippen MR) is 150 cm³/mol. The Labute approximate surface area is 222 Å². The molecule has 1 unspecified atom stereocenters. The van der Waals surface area contributed by atoms with E-state index < -0.39 is 5.92 Å². The summed E-state index contributed by atoms with van der Waals surface area (Å²) < 4.78 is 30.6. The van der Waals surface area contributed by atoms with Crippen molar-refractivity contribution in [3.8, 4) is 5.75 Å². The molecule has 37 heavy (non-hydrogen) atoms. The van der Waals surface area contributed by atoms with Crippen molar-refractivity contribution in [1.29, 1.82) is 0 Å². The summed E-state index contributed by atoms with van der Waals surface area (Å²) in [6.07, 6.45) is 3.04. The Morgan fingerprint density at radius 3 is 2.05 bits per heavy atom. The number of aliphatic hydroxyl groups is 1. The van der Waals surface area contributed by atoms with Gasteiger partial charge in [-0.25, -0.2) is 8.78 Å². The van der Waals surface area contributed by atoms with Gasteiger partial charge in [-0.05, 0) is 83.1 Å². The van der Waals surface area contributed by atoms with Crippen LogP contribution < -0.4 is 4.74 Å². The number of ether oxygens (including phenoxy) is 1. The first-order valence-corrected chi connectivity index (χ1v) is 12.6. The van der Waals surface area contributed by atoms with Crippen LogP contribution in [0.3, 0.4) is 0 Å². The molecule has 1 saturated carbocycles. The second-order valence-corrected chi connectivity index (χ2v) is 8.91. The average Bonchev–Trinajstić information content (AvgIpc) is 3.29. The molecule has 0 amide bonds. The standard InChI is InChI=1S/C11H16O.C10H12F2.C7H12O2.C2H4.CH2O/c1-4-10-7-6-9(3)8-11(10)12-5-2;1-8-4-3-5-9(6-8)7-10(2,11)12;1-5(8)6-2-3-7(9)4-6;2*1-2/h6-8H,4-5H2,1-3H3;3-6H,7H2,1-2H3;6-7,9H,2-4H2,1H3;1-2H2;1H2/t;;6?,7-;;/m..0../s1. The van der Waals surface area contributed by atoms with Gasteiger partial charge in [0.25, 0.3) is 0 Å². The van der Waals surface area contributed by atoms with E-state index in [0.717, 1.165) is 44.1 Å². The van der Waals surface area contributed by atoms with Crippen molar-refractivity contribution in [2.75, 3.05) is 6.61 Å². The average molecular weight is 521 g/mol. The summed E-state index contributed by atoms with van der Waals surface area (Å²) in [6.45, 7) is 19.4. The highest BCUT2D eigenvalue weighted by Gasteiger charge is 2.25. The first kappa shape index (κ1) is 36.3. The lowest BCUT2D eigenvalue weighted by molar-refractivity contribution is -0.120. The van der Waals surface area contributed by atoms with E-state index in [0.29, 0.717) is 12.0 Å². The number of halogens is 2. The van der Waals surface area contributed by atoms with Crippen molar-refractivity contribution in [2.24, 2.45) is 5.92 Å². The number of aryl methyl sites for hydroxylation is 3. The molecule has 6 heteroatoms. The molecule has 2 atom stereocenters. The Kier molecular flexibility index (Phi) is 19.8. The molecule has 0 saturated heterocycles. The first-order valence-electron chi connectivity index (χ1n) is 12.6. The van der Waals surface area contributed by atoms with E-state index in [1.807, 2.05) is 26.7 Å².